The van der Waals surface area contributed by atoms with Crippen LogP contribution in [-0.2, 0) is 4.79 Å². The van der Waals surface area contributed by atoms with Gasteiger partial charge < -0.3 is 20.5 Å². The second-order valence-corrected chi connectivity index (χ2v) is 3.45. The first kappa shape index (κ1) is 12.3. The van der Waals surface area contributed by atoms with Gasteiger partial charge in [-0.2, -0.15) is 0 Å². The molecule has 0 heterocycles. The average molecular weight is 224 g/mol. The largest absolute Gasteiger partial charge is 0.468 e. The lowest BCUT2D eigenvalue weighted by atomic mass is 10.3. The summed E-state index contributed by atoms with van der Waals surface area (Å²) in [6.45, 7) is 1.15. The lowest BCUT2D eigenvalue weighted by Gasteiger charge is -2.26. The van der Waals surface area contributed by atoms with Crippen molar-refractivity contribution in [3.8, 4) is 5.75 Å². The van der Waals surface area contributed by atoms with Gasteiger partial charge in [-0.15, -0.1) is 0 Å². The molecule has 5 nitrogen and oxygen atoms in total. The second-order valence-electron chi connectivity index (χ2n) is 3.45. The molecule has 1 aromatic carbocycles. The number of carbonyl (C=O) groups excluding carboxylic acids is 1. The van der Waals surface area contributed by atoms with Crippen LogP contribution in [-0.4, -0.2) is 35.8 Å². The number of ether oxygens (including phenoxy) is 1. The lowest BCUT2D eigenvalue weighted by Crippen LogP contribution is -2.42. The average Bonchev–Trinajstić information content (AvgIpc) is 2.27. The van der Waals surface area contributed by atoms with Crippen LogP contribution in [0.4, 0.5) is 5.69 Å². The summed E-state index contributed by atoms with van der Waals surface area (Å²) in [4.78, 5) is 12.4. The SMILES string of the molecule is CC(=O)N(C)C(CO)Oc1ccc(N)cc1. The number of carbonyl (C=O) groups is 1. The number of rotatable bonds is 4. The topological polar surface area (TPSA) is 75.8 Å². The van der Waals surface area contributed by atoms with E-state index in [0.717, 1.165) is 0 Å². The molecule has 0 spiro atoms. The molecule has 0 aromatic heterocycles. The van der Waals surface area contributed by atoms with Crippen LogP contribution < -0.4 is 10.5 Å². The number of nitrogen functional groups attached to an aromatic ring is 1. The number of aliphatic hydroxyl groups is 1. The Morgan fingerprint density at radius 2 is 2.06 bits per heavy atom. The normalized spacial score (nSPS) is 11.9. The summed E-state index contributed by atoms with van der Waals surface area (Å²) in [5, 5.41) is 9.12. The Kier molecular flexibility index (Phi) is 4.13. The van der Waals surface area contributed by atoms with E-state index in [1.165, 1.54) is 11.8 Å². The van der Waals surface area contributed by atoms with E-state index in [-0.39, 0.29) is 12.5 Å². The van der Waals surface area contributed by atoms with E-state index in [1.54, 1.807) is 31.3 Å². The summed E-state index contributed by atoms with van der Waals surface area (Å²) < 4.78 is 5.44. The van der Waals surface area contributed by atoms with Gasteiger partial charge in [0, 0.05) is 19.7 Å². The molecule has 0 saturated carbocycles. The van der Waals surface area contributed by atoms with Gasteiger partial charge in [0.25, 0.3) is 0 Å². The predicted molar refractivity (Wildman–Crippen MR) is 60.8 cm³/mol. The molecule has 0 aliphatic carbocycles. The molecule has 1 rings (SSSR count). The molecule has 1 unspecified atom stereocenters. The van der Waals surface area contributed by atoms with Gasteiger partial charge >= 0.3 is 0 Å². The first-order chi connectivity index (χ1) is 7.54. The van der Waals surface area contributed by atoms with E-state index in [0.29, 0.717) is 11.4 Å². The Morgan fingerprint density at radius 1 is 1.50 bits per heavy atom. The number of benzene rings is 1. The maximum atomic E-state index is 11.1. The zero-order chi connectivity index (χ0) is 12.1. The van der Waals surface area contributed by atoms with E-state index in [1.807, 2.05) is 0 Å². The molecule has 0 saturated heterocycles. The molecule has 1 atom stereocenters. The van der Waals surface area contributed by atoms with Crippen molar-refractivity contribution in [3.05, 3.63) is 24.3 Å². The number of anilines is 1. The molecule has 0 aliphatic heterocycles. The minimum absolute atomic E-state index is 0.172. The summed E-state index contributed by atoms with van der Waals surface area (Å²) in [6.07, 6.45) is -0.680. The Hall–Kier alpha value is -1.75. The van der Waals surface area contributed by atoms with E-state index < -0.39 is 6.23 Å². The molecule has 3 N–H and O–H groups in total. The van der Waals surface area contributed by atoms with Gasteiger partial charge in [0.2, 0.25) is 5.91 Å². The van der Waals surface area contributed by atoms with Crippen molar-refractivity contribution < 1.29 is 14.6 Å². The summed E-state index contributed by atoms with van der Waals surface area (Å²) >= 11 is 0. The number of aliphatic hydroxyl groups excluding tert-OH is 1. The molecule has 5 heteroatoms. The molecule has 16 heavy (non-hydrogen) atoms. The molecule has 0 fully saturated rings. The van der Waals surface area contributed by atoms with Crippen LogP contribution in [0.15, 0.2) is 24.3 Å². The highest BCUT2D eigenvalue weighted by molar-refractivity contribution is 5.73. The van der Waals surface area contributed by atoms with Crippen LogP contribution in [0.2, 0.25) is 0 Å². The van der Waals surface area contributed by atoms with Gasteiger partial charge in [-0.05, 0) is 24.3 Å². The third-order valence-corrected chi connectivity index (χ3v) is 2.24. The van der Waals surface area contributed by atoms with Gasteiger partial charge in [0.1, 0.15) is 5.75 Å². The minimum Gasteiger partial charge on any atom is -0.468 e. The number of amides is 1. The number of nitrogens with zero attached hydrogens (tertiary/aromatic N) is 1. The third kappa shape index (κ3) is 3.13. The van der Waals surface area contributed by atoms with E-state index >= 15 is 0 Å². The highest BCUT2D eigenvalue weighted by atomic mass is 16.5. The van der Waals surface area contributed by atoms with Crippen LogP contribution in [0, 0.1) is 0 Å². The zero-order valence-corrected chi connectivity index (χ0v) is 9.38. The fraction of sp³-hybridized carbons (Fsp3) is 0.364. The first-order valence-corrected chi connectivity index (χ1v) is 4.91. The lowest BCUT2D eigenvalue weighted by molar-refractivity contribution is -0.137. The standard InChI is InChI=1S/C11H16N2O3/c1-8(15)13(2)11(7-14)16-10-5-3-9(12)4-6-10/h3-6,11,14H,7,12H2,1-2H3. The maximum Gasteiger partial charge on any atom is 0.222 e. The monoisotopic (exact) mass is 224 g/mol. The van der Waals surface area contributed by atoms with Crippen LogP contribution in [0.25, 0.3) is 0 Å². The van der Waals surface area contributed by atoms with Gasteiger partial charge in [0.05, 0.1) is 6.61 Å². The fourth-order valence-electron chi connectivity index (χ4n) is 1.15. The Labute approximate surface area is 94.4 Å². The molecule has 0 radical (unpaired) electrons. The zero-order valence-electron chi connectivity index (χ0n) is 9.38. The van der Waals surface area contributed by atoms with Gasteiger partial charge in [-0.25, -0.2) is 0 Å². The van der Waals surface area contributed by atoms with Gasteiger partial charge in [-0.3, -0.25) is 4.79 Å². The van der Waals surface area contributed by atoms with Crippen molar-refractivity contribution in [2.24, 2.45) is 0 Å². The minimum atomic E-state index is -0.680. The van der Waals surface area contributed by atoms with E-state index in [9.17, 15) is 4.79 Å². The number of hydrogen-bond donors (Lipinski definition) is 2. The predicted octanol–water partition coefficient (Wildman–Crippen LogP) is 0.444. The quantitative estimate of drug-likeness (QED) is 0.575. The molecule has 88 valence electrons. The molecule has 1 amide bonds. The molecule has 0 bridgehead atoms. The van der Waals surface area contributed by atoms with Gasteiger partial charge in [0.15, 0.2) is 6.23 Å². The summed E-state index contributed by atoms with van der Waals surface area (Å²) in [5.74, 6) is 0.385. The van der Waals surface area contributed by atoms with Crippen molar-refractivity contribution >= 4 is 11.6 Å². The molecular weight excluding hydrogens is 208 g/mol. The number of hydrogen-bond acceptors (Lipinski definition) is 4. The Bertz CT molecular complexity index is 351. The van der Waals surface area contributed by atoms with E-state index in [2.05, 4.69) is 0 Å². The van der Waals surface area contributed by atoms with Gasteiger partial charge in [-0.1, -0.05) is 0 Å². The summed E-state index contributed by atoms with van der Waals surface area (Å²) in [6, 6.07) is 6.76. The van der Waals surface area contributed by atoms with Crippen LogP contribution in [0.3, 0.4) is 0 Å². The van der Waals surface area contributed by atoms with Crippen LogP contribution in [0.1, 0.15) is 6.92 Å². The Balaban J connectivity index is 2.70. The first-order valence-electron chi connectivity index (χ1n) is 4.91. The maximum absolute atomic E-state index is 11.1. The second kappa shape index (κ2) is 5.37. The van der Waals surface area contributed by atoms with Crippen molar-refractivity contribution in [2.45, 2.75) is 13.2 Å². The summed E-state index contributed by atoms with van der Waals surface area (Å²) in [5.41, 5.74) is 6.16. The smallest absolute Gasteiger partial charge is 0.222 e. The van der Waals surface area contributed by atoms with E-state index in [4.69, 9.17) is 15.6 Å². The van der Waals surface area contributed by atoms with Crippen LogP contribution in [0.5, 0.6) is 5.75 Å². The van der Waals surface area contributed by atoms with Crippen molar-refractivity contribution in [2.75, 3.05) is 19.4 Å². The highest BCUT2D eigenvalue weighted by Gasteiger charge is 2.17. The van der Waals surface area contributed by atoms with Crippen molar-refractivity contribution in [3.63, 3.8) is 0 Å². The highest BCUT2D eigenvalue weighted by Crippen LogP contribution is 2.15. The van der Waals surface area contributed by atoms with Crippen LogP contribution >= 0.6 is 0 Å². The molecular formula is C11H16N2O3. The number of nitrogens with two attached hydrogens (primary N) is 1. The fourth-order valence-corrected chi connectivity index (χ4v) is 1.15. The summed E-state index contributed by atoms with van der Waals surface area (Å²) in [7, 11) is 1.57. The van der Waals surface area contributed by atoms with Crippen molar-refractivity contribution in [1.82, 2.24) is 4.90 Å². The molecule has 0 aliphatic rings. The number of likely N-dealkylation sites (N-methyl/N-ethyl adjacent to an activating group) is 1. The Morgan fingerprint density at radius 3 is 2.50 bits per heavy atom. The molecule has 1 aromatic rings. The van der Waals surface area contributed by atoms with Crippen molar-refractivity contribution in [1.29, 1.82) is 0 Å². The third-order valence-electron chi connectivity index (χ3n) is 2.24.